The largest absolute Gasteiger partial charge is 0.383 e. The monoisotopic (exact) mass is 265 g/mol. The van der Waals surface area contributed by atoms with E-state index in [1.165, 1.54) is 6.07 Å². The first-order valence-electron chi connectivity index (χ1n) is 6.46. The summed E-state index contributed by atoms with van der Waals surface area (Å²) >= 11 is 0. The Morgan fingerprint density at radius 1 is 1.42 bits per heavy atom. The molecule has 0 atom stereocenters. The van der Waals surface area contributed by atoms with Crippen LogP contribution in [0.15, 0.2) is 18.2 Å². The van der Waals surface area contributed by atoms with E-state index in [4.69, 9.17) is 4.74 Å². The lowest BCUT2D eigenvalue weighted by Crippen LogP contribution is -2.39. The van der Waals surface area contributed by atoms with Crippen LogP contribution in [0.2, 0.25) is 0 Å². The van der Waals surface area contributed by atoms with E-state index in [1.807, 2.05) is 6.92 Å². The molecule has 0 amide bonds. The van der Waals surface area contributed by atoms with Crippen LogP contribution in [0.3, 0.4) is 0 Å². The van der Waals surface area contributed by atoms with Gasteiger partial charge in [0.2, 0.25) is 0 Å². The molecule has 1 aromatic rings. The smallest absolute Gasteiger partial charge is 0.271 e. The van der Waals surface area contributed by atoms with Crippen LogP contribution >= 0.6 is 0 Å². The minimum atomic E-state index is -0.368. The number of nitro groups is 1. The Bertz CT molecular complexity index is 445. The Morgan fingerprint density at radius 2 is 2.16 bits per heavy atom. The maximum atomic E-state index is 10.7. The van der Waals surface area contributed by atoms with E-state index in [0.717, 1.165) is 50.6 Å². The van der Waals surface area contributed by atoms with Gasteiger partial charge in [-0.2, -0.15) is 0 Å². The summed E-state index contributed by atoms with van der Waals surface area (Å²) in [5.74, 6) is 0. The number of nitro benzene ring substituents is 1. The third-order valence-corrected chi connectivity index (χ3v) is 3.28. The Balaban J connectivity index is 1.87. The number of benzene rings is 1. The highest BCUT2D eigenvalue weighted by atomic mass is 16.6. The molecule has 1 heterocycles. The molecule has 0 bridgehead atoms. The van der Waals surface area contributed by atoms with E-state index >= 15 is 0 Å². The van der Waals surface area contributed by atoms with Crippen molar-refractivity contribution >= 4 is 11.4 Å². The molecule has 104 valence electrons. The summed E-state index contributed by atoms with van der Waals surface area (Å²) in [5, 5.41) is 14.0. The van der Waals surface area contributed by atoms with Crippen molar-refractivity contribution in [1.82, 2.24) is 4.90 Å². The number of aryl methyl sites for hydroxylation is 1. The van der Waals surface area contributed by atoms with Crippen LogP contribution in [0.25, 0.3) is 0 Å². The summed E-state index contributed by atoms with van der Waals surface area (Å²) in [6, 6.07) is 4.90. The van der Waals surface area contributed by atoms with Crippen molar-refractivity contribution in [2.45, 2.75) is 6.92 Å². The molecule has 1 N–H and O–H groups in total. The maximum absolute atomic E-state index is 10.7. The van der Waals surface area contributed by atoms with Gasteiger partial charge < -0.3 is 10.1 Å². The predicted molar refractivity (Wildman–Crippen MR) is 73.6 cm³/mol. The van der Waals surface area contributed by atoms with Crippen molar-refractivity contribution in [3.63, 3.8) is 0 Å². The van der Waals surface area contributed by atoms with Crippen LogP contribution in [0.5, 0.6) is 0 Å². The van der Waals surface area contributed by atoms with Gasteiger partial charge in [-0.05, 0) is 12.5 Å². The molecule has 1 saturated heterocycles. The summed E-state index contributed by atoms with van der Waals surface area (Å²) < 4.78 is 5.29. The standard InChI is InChI=1S/C13H19N3O3/c1-11-2-3-12(16(17)18)10-13(11)14-4-5-15-6-8-19-9-7-15/h2-3,10,14H,4-9H2,1H3. The average Bonchev–Trinajstić information content (AvgIpc) is 2.42. The highest BCUT2D eigenvalue weighted by Gasteiger charge is 2.11. The first-order chi connectivity index (χ1) is 9.16. The molecule has 0 saturated carbocycles. The number of hydrogen-bond acceptors (Lipinski definition) is 5. The summed E-state index contributed by atoms with van der Waals surface area (Å²) in [6.07, 6.45) is 0. The van der Waals surface area contributed by atoms with Crippen LogP contribution in [0.4, 0.5) is 11.4 Å². The minimum Gasteiger partial charge on any atom is -0.383 e. The van der Waals surface area contributed by atoms with Crippen molar-refractivity contribution in [2.75, 3.05) is 44.7 Å². The first kappa shape index (κ1) is 13.8. The third-order valence-electron chi connectivity index (χ3n) is 3.28. The quantitative estimate of drug-likeness (QED) is 0.647. The fraction of sp³-hybridized carbons (Fsp3) is 0.538. The van der Waals surface area contributed by atoms with Crippen LogP contribution in [0.1, 0.15) is 5.56 Å². The lowest BCUT2D eigenvalue weighted by Gasteiger charge is -2.26. The molecule has 19 heavy (non-hydrogen) atoms. The summed E-state index contributed by atoms with van der Waals surface area (Å²) in [7, 11) is 0. The zero-order valence-electron chi connectivity index (χ0n) is 11.1. The van der Waals surface area contributed by atoms with Crippen molar-refractivity contribution < 1.29 is 9.66 Å². The second-order valence-electron chi connectivity index (χ2n) is 4.64. The minimum absolute atomic E-state index is 0.125. The molecule has 1 aliphatic rings. The maximum Gasteiger partial charge on any atom is 0.271 e. The van der Waals surface area contributed by atoms with Crippen molar-refractivity contribution in [3.05, 3.63) is 33.9 Å². The molecule has 1 aromatic carbocycles. The lowest BCUT2D eigenvalue weighted by molar-refractivity contribution is -0.384. The molecule has 0 radical (unpaired) electrons. The highest BCUT2D eigenvalue weighted by molar-refractivity contribution is 5.56. The Hall–Kier alpha value is -1.66. The van der Waals surface area contributed by atoms with Crippen LogP contribution in [0, 0.1) is 17.0 Å². The SMILES string of the molecule is Cc1ccc([N+](=O)[O-])cc1NCCN1CCOCC1. The van der Waals surface area contributed by atoms with Gasteiger partial charge in [-0.25, -0.2) is 0 Å². The zero-order valence-corrected chi connectivity index (χ0v) is 11.1. The highest BCUT2D eigenvalue weighted by Crippen LogP contribution is 2.21. The molecule has 1 aliphatic heterocycles. The van der Waals surface area contributed by atoms with Gasteiger partial charge in [0.25, 0.3) is 5.69 Å². The second-order valence-corrected chi connectivity index (χ2v) is 4.64. The molecule has 6 nitrogen and oxygen atoms in total. The van der Waals surface area contributed by atoms with Crippen molar-refractivity contribution in [3.8, 4) is 0 Å². The van der Waals surface area contributed by atoms with E-state index in [2.05, 4.69) is 10.2 Å². The fourth-order valence-corrected chi connectivity index (χ4v) is 2.09. The second kappa shape index (κ2) is 6.49. The Labute approximate surface area is 112 Å². The van der Waals surface area contributed by atoms with Gasteiger partial charge >= 0.3 is 0 Å². The number of rotatable bonds is 5. The topological polar surface area (TPSA) is 67.6 Å². The first-order valence-corrected chi connectivity index (χ1v) is 6.46. The van der Waals surface area contributed by atoms with E-state index < -0.39 is 0 Å². The number of ether oxygens (including phenoxy) is 1. The summed E-state index contributed by atoms with van der Waals surface area (Å²) in [6.45, 7) is 7.13. The molecular formula is C13H19N3O3. The number of hydrogen-bond donors (Lipinski definition) is 1. The molecule has 0 unspecified atom stereocenters. The molecule has 0 aromatic heterocycles. The van der Waals surface area contributed by atoms with Gasteiger partial charge in [0.15, 0.2) is 0 Å². The van der Waals surface area contributed by atoms with E-state index in [1.54, 1.807) is 12.1 Å². The van der Waals surface area contributed by atoms with E-state index in [-0.39, 0.29) is 10.6 Å². The number of nitrogens with one attached hydrogen (secondary N) is 1. The Kier molecular flexibility index (Phi) is 4.70. The van der Waals surface area contributed by atoms with Gasteiger partial charge in [0, 0.05) is 44.0 Å². The molecular weight excluding hydrogens is 246 g/mol. The molecule has 6 heteroatoms. The molecule has 2 rings (SSSR count). The van der Waals surface area contributed by atoms with Gasteiger partial charge in [-0.15, -0.1) is 0 Å². The summed E-state index contributed by atoms with van der Waals surface area (Å²) in [5.41, 5.74) is 1.98. The van der Waals surface area contributed by atoms with Gasteiger partial charge in [-0.3, -0.25) is 15.0 Å². The zero-order chi connectivity index (χ0) is 13.7. The predicted octanol–water partition coefficient (Wildman–Crippen LogP) is 1.65. The van der Waals surface area contributed by atoms with E-state index in [0.29, 0.717) is 0 Å². The normalized spacial score (nSPS) is 16.3. The number of morpholine rings is 1. The van der Waals surface area contributed by atoms with Crippen LogP contribution in [-0.2, 0) is 4.74 Å². The average molecular weight is 265 g/mol. The molecule has 1 fully saturated rings. The van der Waals surface area contributed by atoms with E-state index in [9.17, 15) is 10.1 Å². The molecule has 0 aliphatic carbocycles. The van der Waals surface area contributed by atoms with Gasteiger partial charge in [0.05, 0.1) is 18.1 Å². The summed E-state index contributed by atoms with van der Waals surface area (Å²) in [4.78, 5) is 12.7. The van der Waals surface area contributed by atoms with Gasteiger partial charge in [0.1, 0.15) is 0 Å². The number of nitrogens with zero attached hydrogens (tertiary/aromatic N) is 2. The van der Waals surface area contributed by atoms with Crippen LogP contribution in [-0.4, -0.2) is 49.2 Å². The van der Waals surface area contributed by atoms with Crippen LogP contribution < -0.4 is 5.32 Å². The fourth-order valence-electron chi connectivity index (χ4n) is 2.09. The lowest BCUT2D eigenvalue weighted by atomic mass is 10.2. The van der Waals surface area contributed by atoms with Crippen molar-refractivity contribution in [1.29, 1.82) is 0 Å². The number of anilines is 1. The van der Waals surface area contributed by atoms with Crippen molar-refractivity contribution in [2.24, 2.45) is 0 Å². The molecule has 0 spiro atoms. The van der Waals surface area contributed by atoms with Gasteiger partial charge in [-0.1, -0.05) is 6.07 Å². The third kappa shape index (κ3) is 3.90. The number of non-ortho nitro benzene ring substituents is 1. The Morgan fingerprint density at radius 3 is 2.84 bits per heavy atom.